The molecule has 0 unspecified atom stereocenters. The van der Waals surface area contributed by atoms with Crippen LogP contribution in [0.1, 0.15) is 42.6 Å². The Morgan fingerprint density at radius 1 is 1.25 bits per heavy atom. The molecule has 1 N–H and O–H groups in total. The predicted octanol–water partition coefficient (Wildman–Crippen LogP) is 3.76. The van der Waals surface area contributed by atoms with Crippen LogP contribution in [-0.4, -0.2) is 11.4 Å². The fourth-order valence-electron chi connectivity index (χ4n) is 2.19. The second kappa shape index (κ2) is 4.75. The number of alkyl halides is 3. The fourth-order valence-corrected chi connectivity index (χ4v) is 2.19. The van der Waals surface area contributed by atoms with Gasteiger partial charge in [-0.05, 0) is 44.7 Å². The number of nitrogens with one attached hydrogen (secondary N) is 1. The maximum Gasteiger partial charge on any atom is 0.419 e. The Bertz CT molecular complexity index is 532. The molecular weight excluding hydrogens is 274 g/mol. The van der Waals surface area contributed by atoms with Crippen molar-refractivity contribution in [1.29, 1.82) is 0 Å². The smallest absolute Gasteiger partial charge is 0.347 e. The van der Waals surface area contributed by atoms with Gasteiger partial charge in [-0.15, -0.1) is 0 Å². The highest BCUT2D eigenvalue weighted by Gasteiger charge is 2.40. The molecular formula is C14H15F4NO. The van der Waals surface area contributed by atoms with E-state index in [2.05, 4.69) is 5.32 Å². The van der Waals surface area contributed by atoms with Crippen molar-refractivity contribution in [2.24, 2.45) is 5.92 Å². The van der Waals surface area contributed by atoms with Gasteiger partial charge in [0.05, 0.1) is 11.1 Å². The van der Waals surface area contributed by atoms with Gasteiger partial charge in [-0.1, -0.05) is 6.07 Å². The number of hydrogen-bond donors (Lipinski definition) is 1. The molecule has 1 aromatic rings. The van der Waals surface area contributed by atoms with E-state index in [1.54, 1.807) is 13.8 Å². The number of halogens is 4. The Labute approximate surface area is 114 Å². The van der Waals surface area contributed by atoms with E-state index in [0.29, 0.717) is 12.0 Å². The summed E-state index contributed by atoms with van der Waals surface area (Å²) < 4.78 is 51.6. The van der Waals surface area contributed by atoms with Crippen LogP contribution in [0.5, 0.6) is 0 Å². The van der Waals surface area contributed by atoms with Crippen LogP contribution in [-0.2, 0) is 6.18 Å². The van der Waals surface area contributed by atoms with Gasteiger partial charge in [0.25, 0.3) is 5.91 Å². The van der Waals surface area contributed by atoms with Crippen LogP contribution in [0.15, 0.2) is 18.2 Å². The van der Waals surface area contributed by atoms with Crippen molar-refractivity contribution in [2.45, 2.75) is 38.4 Å². The number of amides is 1. The monoisotopic (exact) mass is 289 g/mol. The molecule has 0 aliphatic heterocycles. The first-order valence-electron chi connectivity index (χ1n) is 6.31. The van der Waals surface area contributed by atoms with Gasteiger partial charge < -0.3 is 5.32 Å². The standard InChI is InChI=1S/C14H15F4NO/c1-13(2,8-6-7-8)19-12(20)9-4-3-5-10(11(9)15)14(16,17)18/h3-5,8H,6-7H2,1-2H3,(H,19,20). The average molecular weight is 289 g/mol. The number of carbonyl (C=O) groups is 1. The highest BCUT2D eigenvalue weighted by atomic mass is 19.4. The Morgan fingerprint density at radius 3 is 2.35 bits per heavy atom. The molecule has 0 aromatic heterocycles. The third-order valence-electron chi connectivity index (χ3n) is 3.58. The van der Waals surface area contributed by atoms with Crippen molar-refractivity contribution in [3.8, 4) is 0 Å². The molecule has 0 bridgehead atoms. The van der Waals surface area contributed by atoms with Gasteiger partial charge in [0.1, 0.15) is 5.82 Å². The van der Waals surface area contributed by atoms with Gasteiger partial charge in [-0.2, -0.15) is 13.2 Å². The molecule has 6 heteroatoms. The van der Waals surface area contributed by atoms with Crippen molar-refractivity contribution in [2.75, 3.05) is 0 Å². The first-order chi connectivity index (χ1) is 9.13. The van der Waals surface area contributed by atoms with E-state index in [1.165, 1.54) is 0 Å². The minimum Gasteiger partial charge on any atom is -0.347 e. The summed E-state index contributed by atoms with van der Waals surface area (Å²) in [5, 5.41) is 2.61. The Hall–Kier alpha value is -1.59. The zero-order valence-electron chi connectivity index (χ0n) is 11.1. The molecule has 110 valence electrons. The van der Waals surface area contributed by atoms with E-state index in [-0.39, 0.29) is 0 Å². The first-order valence-corrected chi connectivity index (χ1v) is 6.31. The summed E-state index contributed by atoms with van der Waals surface area (Å²) in [5.74, 6) is -2.05. The molecule has 1 fully saturated rings. The van der Waals surface area contributed by atoms with Crippen LogP contribution >= 0.6 is 0 Å². The van der Waals surface area contributed by atoms with Gasteiger partial charge >= 0.3 is 6.18 Å². The van der Waals surface area contributed by atoms with Crippen molar-refractivity contribution < 1.29 is 22.4 Å². The summed E-state index contributed by atoms with van der Waals surface area (Å²) in [5.41, 5.74) is -2.54. The SMILES string of the molecule is CC(C)(NC(=O)c1cccc(C(F)(F)F)c1F)C1CC1. The van der Waals surface area contributed by atoms with Gasteiger partial charge in [0.15, 0.2) is 0 Å². The lowest BCUT2D eigenvalue weighted by Gasteiger charge is -2.26. The molecule has 0 heterocycles. The maximum absolute atomic E-state index is 13.8. The van der Waals surface area contributed by atoms with Crippen LogP contribution in [0.2, 0.25) is 0 Å². The van der Waals surface area contributed by atoms with Crippen LogP contribution in [0.25, 0.3) is 0 Å². The van der Waals surface area contributed by atoms with Crippen LogP contribution < -0.4 is 5.32 Å². The average Bonchev–Trinajstić information content (AvgIpc) is 3.10. The van der Waals surface area contributed by atoms with Gasteiger partial charge in [0, 0.05) is 5.54 Å². The molecule has 1 aromatic carbocycles. The van der Waals surface area contributed by atoms with E-state index >= 15 is 0 Å². The topological polar surface area (TPSA) is 29.1 Å². The molecule has 0 spiro atoms. The molecule has 1 saturated carbocycles. The Kier molecular flexibility index (Phi) is 3.52. The number of carbonyl (C=O) groups excluding carboxylic acids is 1. The van der Waals surface area contributed by atoms with Crippen molar-refractivity contribution >= 4 is 5.91 Å². The van der Waals surface area contributed by atoms with E-state index in [4.69, 9.17) is 0 Å². The summed E-state index contributed by atoms with van der Waals surface area (Å²) in [6, 6.07) is 2.71. The normalized spacial score (nSPS) is 16.1. The van der Waals surface area contributed by atoms with Gasteiger partial charge in [0.2, 0.25) is 0 Å². The lowest BCUT2D eigenvalue weighted by atomic mass is 9.97. The molecule has 1 aliphatic carbocycles. The number of hydrogen-bond acceptors (Lipinski definition) is 1. The van der Waals surface area contributed by atoms with Crippen molar-refractivity contribution in [3.63, 3.8) is 0 Å². The van der Waals surface area contributed by atoms with E-state index in [0.717, 1.165) is 25.0 Å². The molecule has 2 rings (SSSR count). The molecule has 1 amide bonds. The van der Waals surface area contributed by atoms with Crippen LogP contribution in [0.3, 0.4) is 0 Å². The first kappa shape index (κ1) is 14.8. The minimum atomic E-state index is -4.81. The fraction of sp³-hybridized carbons (Fsp3) is 0.500. The molecule has 1 aliphatic rings. The highest BCUT2D eigenvalue weighted by molar-refractivity contribution is 5.95. The van der Waals surface area contributed by atoms with E-state index in [1.807, 2.05) is 0 Å². The summed E-state index contributed by atoms with van der Waals surface area (Å²) in [6.07, 6.45) is -2.90. The minimum absolute atomic E-state index is 0.292. The van der Waals surface area contributed by atoms with Crippen molar-refractivity contribution in [3.05, 3.63) is 35.1 Å². The molecule has 0 atom stereocenters. The second-order valence-corrected chi connectivity index (χ2v) is 5.61. The summed E-state index contributed by atoms with van der Waals surface area (Å²) in [7, 11) is 0. The zero-order chi connectivity index (χ0) is 15.1. The zero-order valence-corrected chi connectivity index (χ0v) is 11.1. The van der Waals surface area contributed by atoms with Crippen molar-refractivity contribution in [1.82, 2.24) is 5.32 Å². The lowest BCUT2D eigenvalue weighted by Crippen LogP contribution is -2.45. The molecule has 0 saturated heterocycles. The van der Waals surface area contributed by atoms with Crippen LogP contribution in [0, 0.1) is 11.7 Å². The summed E-state index contributed by atoms with van der Waals surface area (Å²) in [4.78, 5) is 12.0. The Balaban J connectivity index is 2.26. The molecule has 0 radical (unpaired) electrons. The number of rotatable bonds is 3. The quantitative estimate of drug-likeness (QED) is 0.843. The predicted molar refractivity (Wildman–Crippen MR) is 65.7 cm³/mol. The largest absolute Gasteiger partial charge is 0.419 e. The number of benzene rings is 1. The van der Waals surface area contributed by atoms with E-state index in [9.17, 15) is 22.4 Å². The summed E-state index contributed by atoms with van der Waals surface area (Å²) in [6.45, 7) is 3.57. The second-order valence-electron chi connectivity index (χ2n) is 5.61. The lowest BCUT2D eigenvalue weighted by molar-refractivity contribution is -0.140. The Morgan fingerprint density at radius 2 is 1.85 bits per heavy atom. The third kappa shape index (κ3) is 2.94. The van der Waals surface area contributed by atoms with E-state index < -0.39 is 34.6 Å². The highest BCUT2D eigenvalue weighted by Crippen LogP contribution is 2.39. The van der Waals surface area contributed by atoms with Gasteiger partial charge in [-0.3, -0.25) is 4.79 Å². The van der Waals surface area contributed by atoms with Crippen LogP contribution in [0.4, 0.5) is 17.6 Å². The molecule has 2 nitrogen and oxygen atoms in total. The van der Waals surface area contributed by atoms with Gasteiger partial charge in [-0.25, -0.2) is 4.39 Å². The third-order valence-corrected chi connectivity index (χ3v) is 3.58. The molecule has 20 heavy (non-hydrogen) atoms. The summed E-state index contributed by atoms with van der Waals surface area (Å²) >= 11 is 0. The maximum atomic E-state index is 13.8.